The molecule has 0 atom stereocenters. The fraction of sp³-hybridized carbons (Fsp3) is 0.636. The first kappa shape index (κ1) is 12.3. The smallest absolute Gasteiger partial charge is 0.502 e. The topological polar surface area (TPSA) is 27.7 Å². The maximum absolute atomic E-state index is 5.60. The van der Waals surface area contributed by atoms with Crippen LogP contribution in [0.5, 0.6) is 0 Å². The Kier molecular flexibility index (Phi) is 4.42. The third-order valence-electron chi connectivity index (χ3n) is 2.08. The number of ether oxygens (including phenoxy) is 1. The van der Waals surface area contributed by atoms with Crippen molar-refractivity contribution in [2.75, 3.05) is 19.8 Å². The Bertz CT molecular complexity index is 238. The summed E-state index contributed by atoms with van der Waals surface area (Å²) in [5, 5.41) is 0. The van der Waals surface area contributed by atoms with Crippen molar-refractivity contribution >= 4 is 7.12 Å². The summed E-state index contributed by atoms with van der Waals surface area (Å²) in [6.07, 6.45) is 3.46. The molecule has 0 radical (unpaired) electrons. The van der Waals surface area contributed by atoms with E-state index in [1.807, 2.05) is 6.92 Å². The van der Waals surface area contributed by atoms with Gasteiger partial charge in [0, 0.05) is 18.6 Å². The maximum atomic E-state index is 5.60. The van der Waals surface area contributed by atoms with Crippen molar-refractivity contribution in [2.45, 2.75) is 20.8 Å². The molecule has 15 heavy (non-hydrogen) atoms. The van der Waals surface area contributed by atoms with Gasteiger partial charge in [0.05, 0.1) is 6.61 Å². The SMILES string of the molecule is C=C/C=C(\OCC)B1OCC(C)(C)CO1. The average molecular weight is 210 g/mol. The van der Waals surface area contributed by atoms with Crippen LogP contribution in [-0.4, -0.2) is 26.9 Å². The van der Waals surface area contributed by atoms with E-state index in [1.165, 1.54) is 0 Å². The Balaban J connectivity index is 2.56. The van der Waals surface area contributed by atoms with E-state index in [0.29, 0.717) is 25.5 Å². The monoisotopic (exact) mass is 210 g/mol. The Hall–Kier alpha value is -0.735. The van der Waals surface area contributed by atoms with Crippen LogP contribution >= 0.6 is 0 Å². The normalized spacial score (nSPS) is 21.3. The summed E-state index contributed by atoms with van der Waals surface area (Å²) in [5.41, 5.74) is 0.783. The molecular weight excluding hydrogens is 191 g/mol. The highest BCUT2D eigenvalue weighted by Gasteiger charge is 2.35. The van der Waals surface area contributed by atoms with E-state index in [4.69, 9.17) is 14.0 Å². The van der Waals surface area contributed by atoms with Gasteiger partial charge in [-0.3, -0.25) is 0 Å². The molecule has 0 bridgehead atoms. The van der Waals surface area contributed by atoms with Crippen LogP contribution in [-0.2, 0) is 14.0 Å². The lowest BCUT2D eigenvalue weighted by Gasteiger charge is -2.33. The minimum atomic E-state index is -0.379. The van der Waals surface area contributed by atoms with Gasteiger partial charge in [0.25, 0.3) is 0 Å². The molecule has 0 spiro atoms. The molecule has 1 fully saturated rings. The lowest BCUT2D eigenvalue weighted by Crippen LogP contribution is -2.42. The zero-order valence-corrected chi connectivity index (χ0v) is 9.79. The van der Waals surface area contributed by atoms with Gasteiger partial charge in [-0.2, -0.15) is 0 Å². The van der Waals surface area contributed by atoms with E-state index in [-0.39, 0.29) is 12.5 Å². The van der Waals surface area contributed by atoms with Crippen molar-refractivity contribution in [3.05, 3.63) is 24.4 Å². The highest BCUT2D eigenvalue weighted by atomic mass is 16.6. The second-order valence-electron chi connectivity index (χ2n) is 4.36. The molecule has 0 unspecified atom stereocenters. The van der Waals surface area contributed by atoms with Crippen molar-refractivity contribution in [2.24, 2.45) is 5.41 Å². The maximum Gasteiger partial charge on any atom is 0.531 e. The van der Waals surface area contributed by atoms with E-state index < -0.39 is 0 Å². The molecule has 1 heterocycles. The number of rotatable bonds is 4. The molecule has 84 valence electrons. The van der Waals surface area contributed by atoms with Crippen LogP contribution in [0.2, 0.25) is 0 Å². The van der Waals surface area contributed by atoms with Crippen LogP contribution in [0.4, 0.5) is 0 Å². The van der Waals surface area contributed by atoms with Crippen molar-refractivity contribution in [1.29, 1.82) is 0 Å². The van der Waals surface area contributed by atoms with E-state index in [0.717, 1.165) is 0 Å². The molecule has 0 aromatic heterocycles. The van der Waals surface area contributed by atoms with Crippen LogP contribution in [0.25, 0.3) is 0 Å². The minimum absolute atomic E-state index is 0.0853. The fourth-order valence-electron chi connectivity index (χ4n) is 1.33. The van der Waals surface area contributed by atoms with Gasteiger partial charge in [-0.1, -0.05) is 26.5 Å². The van der Waals surface area contributed by atoms with Crippen LogP contribution in [0.1, 0.15) is 20.8 Å². The van der Waals surface area contributed by atoms with Crippen LogP contribution in [0, 0.1) is 5.41 Å². The van der Waals surface area contributed by atoms with E-state index in [1.54, 1.807) is 12.2 Å². The summed E-state index contributed by atoms with van der Waals surface area (Å²) < 4.78 is 16.6. The van der Waals surface area contributed by atoms with E-state index in [9.17, 15) is 0 Å². The highest BCUT2D eigenvalue weighted by molar-refractivity contribution is 6.53. The fourth-order valence-corrected chi connectivity index (χ4v) is 1.33. The van der Waals surface area contributed by atoms with Gasteiger partial charge >= 0.3 is 7.12 Å². The first-order valence-corrected chi connectivity index (χ1v) is 5.27. The average Bonchev–Trinajstić information content (AvgIpc) is 2.18. The van der Waals surface area contributed by atoms with Gasteiger partial charge in [-0.25, -0.2) is 0 Å². The lowest BCUT2D eigenvalue weighted by atomic mass is 9.81. The van der Waals surface area contributed by atoms with Crippen molar-refractivity contribution < 1.29 is 14.0 Å². The zero-order valence-electron chi connectivity index (χ0n) is 9.79. The quantitative estimate of drug-likeness (QED) is 0.404. The summed E-state index contributed by atoms with van der Waals surface area (Å²) in [5.74, 6) is 0. The van der Waals surface area contributed by atoms with Crippen molar-refractivity contribution in [3.63, 3.8) is 0 Å². The summed E-state index contributed by atoms with van der Waals surface area (Å²) in [6.45, 7) is 11.8. The molecular formula is C11H19BO3. The van der Waals surface area contributed by atoms with Crippen LogP contribution in [0.15, 0.2) is 24.4 Å². The van der Waals surface area contributed by atoms with Crippen molar-refractivity contribution in [3.8, 4) is 0 Å². The molecule has 1 saturated heterocycles. The number of allylic oxidation sites excluding steroid dienone is 2. The molecule has 4 heteroatoms. The molecule has 0 aromatic rings. The van der Waals surface area contributed by atoms with Crippen LogP contribution < -0.4 is 0 Å². The van der Waals surface area contributed by atoms with Gasteiger partial charge in [-0.15, -0.1) is 0 Å². The standard InChI is InChI=1S/C11H19BO3/c1-5-7-10(13-6-2)12-14-8-11(3,4)9-15-12/h5,7H,1,6,8-9H2,2-4H3/b10-7-. The Labute approximate surface area is 92.2 Å². The summed E-state index contributed by atoms with van der Waals surface area (Å²) in [7, 11) is -0.379. The number of hydrogen-bond donors (Lipinski definition) is 0. The number of hydrogen-bond acceptors (Lipinski definition) is 3. The zero-order chi connectivity index (χ0) is 11.3. The molecule has 0 saturated carbocycles. The van der Waals surface area contributed by atoms with Gasteiger partial charge in [-0.05, 0) is 13.0 Å². The molecule has 0 N–H and O–H groups in total. The first-order chi connectivity index (χ1) is 7.09. The summed E-state index contributed by atoms with van der Waals surface area (Å²) in [6, 6.07) is 0. The molecule has 1 aliphatic rings. The Morgan fingerprint density at radius 3 is 2.53 bits per heavy atom. The van der Waals surface area contributed by atoms with Gasteiger partial charge in [0.2, 0.25) is 0 Å². The van der Waals surface area contributed by atoms with Crippen LogP contribution in [0.3, 0.4) is 0 Å². The summed E-state index contributed by atoms with van der Waals surface area (Å²) in [4.78, 5) is 0. The highest BCUT2D eigenvalue weighted by Crippen LogP contribution is 2.24. The minimum Gasteiger partial charge on any atom is -0.502 e. The molecule has 1 aliphatic heterocycles. The summed E-state index contributed by atoms with van der Waals surface area (Å²) >= 11 is 0. The molecule has 1 rings (SSSR count). The van der Waals surface area contributed by atoms with E-state index in [2.05, 4.69) is 20.4 Å². The van der Waals surface area contributed by atoms with Crippen molar-refractivity contribution in [1.82, 2.24) is 0 Å². The predicted molar refractivity (Wildman–Crippen MR) is 61.3 cm³/mol. The second kappa shape index (κ2) is 5.38. The molecule has 0 aromatic carbocycles. The Morgan fingerprint density at radius 2 is 2.07 bits per heavy atom. The first-order valence-electron chi connectivity index (χ1n) is 5.27. The molecule has 3 nitrogen and oxygen atoms in total. The largest absolute Gasteiger partial charge is 0.531 e. The molecule has 0 aliphatic carbocycles. The van der Waals surface area contributed by atoms with Gasteiger partial charge < -0.3 is 14.0 Å². The molecule has 0 amide bonds. The second-order valence-corrected chi connectivity index (χ2v) is 4.36. The predicted octanol–water partition coefficient (Wildman–Crippen LogP) is 2.19. The lowest BCUT2D eigenvalue weighted by molar-refractivity contribution is 0.0240. The van der Waals surface area contributed by atoms with Gasteiger partial charge in [0.1, 0.15) is 5.66 Å². The third kappa shape index (κ3) is 3.72. The van der Waals surface area contributed by atoms with Gasteiger partial charge in [0.15, 0.2) is 0 Å². The van der Waals surface area contributed by atoms with E-state index >= 15 is 0 Å². The Morgan fingerprint density at radius 1 is 1.47 bits per heavy atom. The third-order valence-corrected chi connectivity index (χ3v) is 2.08.